The molecule has 0 aromatic carbocycles. The van der Waals surface area contributed by atoms with E-state index in [4.69, 9.17) is 19.8 Å². The van der Waals surface area contributed by atoms with E-state index in [0.29, 0.717) is 0 Å². The summed E-state index contributed by atoms with van der Waals surface area (Å²) in [6.07, 6.45) is 11.8. The lowest BCUT2D eigenvalue weighted by Crippen LogP contribution is -2.03. The average molecular weight is 359 g/mol. The van der Waals surface area contributed by atoms with E-state index in [1.807, 2.05) is 30.7 Å². The molecule has 0 aliphatic carbocycles. The molecule has 0 atom stereocenters. The Kier molecular flexibility index (Phi) is 8.80. The van der Waals surface area contributed by atoms with E-state index >= 15 is 0 Å². The van der Waals surface area contributed by atoms with Gasteiger partial charge in [0.1, 0.15) is 11.6 Å². The van der Waals surface area contributed by atoms with Crippen LogP contribution < -0.4 is 0 Å². The Balaban J connectivity index is 0.000000360. The van der Waals surface area contributed by atoms with E-state index in [9.17, 15) is 0 Å². The van der Waals surface area contributed by atoms with Gasteiger partial charge in [-0.2, -0.15) is 0 Å². The van der Waals surface area contributed by atoms with Gasteiger partial charge in [0.05, 0.1) is 0 Å². The summed E-state index contributed by atoms with van der Waals surface area (Å²) < 4.78 is 2.12. The number of aromatic amines is 1. The fourth-order valence-corrected chi connectivity index (χ4v) is 1.91. The van der Waals surface area contributed by atoms with Gasteiger partial charge in [-0.25, -0.2) is 9.97 Å². The minimum absolute atomic E-state index is 0.833. The maximum atomic E-state index is 9.00. The second-order valence-corrected chi connectivity index (χ2v) is 5.00. The van der Waals surface area contributed by atoms with Crippen molar-refractivity contribution in [3.63, 3.8) is 0 Å². The number of aliphatic carboxylic acids is 2. The molecule has 0 saturated heterocycles. The van der Waals surface area contributed by atoms with Crippen molar-refractivity contribution in [1.82, 2.24) is 24.5 Å². The van der Waals surface area contributed by atoms with Crippen LogP contribution in [0.25, 0.3) is 11.4 Å². The molecule has 0 radical (unpaired) electrons. The number of hydrogen-bond acceptors (Lipinski definition) is 5. The smallest absolute Gasteiger partial charge is 0.300 e. The number of pyridine rings is 1. The van der Waals surface area contributed by atoms with Crippen molar-refractivity contribution in [1.29, 1.82) is 0 Å². The zero-order valence-electron chi connectivity index (χ0n) is 14.5. The van der Waals surface area contributed by atoms with Gasteiger partial charge >= 0.3 is 0 Å². The molecular formula is C17H21N5O4. The summed E-state index contributed by atoms with van der Waals surface area (Å²) in [6.45, 7) is 3.02. The Morgan fingerprint density at radius 2 is 1.65 bits per heavy atom. The van der Waals surface area contributed by atoms with Crippen molar-refractivity contribution in [3.05, 3.63) is 55.1 Å². The summed E-state index contributed by atoms with van der Waals surface area (Å²) >= 11 is 0. The SMILES string of the molecule is CC(=O)O.CC(=O)O.c1cc(-c2nccn2CCc2ncc[nH]2)ccn1. The van der Waals surface area contributed by atoms with Crippen LogP contribution in [0.15, 0.2) is 49.3 Å². The van der Waals surface area contributed by atoms with Crippen LogP contribution in [0.2, 0.25) is 0 Å². The summed E-state index contributed by atoms with van der Waals surface area (Å²) in [4.78, 5) is 33.7. The number of carboxylic acid groups (broad SMARTS) is 2. The van der Waals surface area contributed by atoms with Gasteiger partial charge in [0.15, 0.2) is 0 Å². The van der Waals surface area contributed by atoms with Gasteiger partial charge in [-0.1, -0.05) is 0 Å². The van der Waals surface area contributed by atoms with E-state index in [-0.39, 0.29) is 0 Å². The molecule has 138 valence electrons. The fraction of sp³-hybridized carbons (Fsp3) is 0.235. The zero-order valence-corrected chi connectivity index (χ0v) is 14.5. The second-order valence-electron chi connectivity index (χ2n) is 5.00. The van der Waals surface area contributed by atoms with Crippen LogP contribution in [0.5, 0.6) is 0 Å². The highest BCUT2D eigenvalue weighted by atomic mass is 16.4. The lowest BCUT2D eigenvalue weighted by Gasteiger charge is -2.06. The van der Waals surface area contributed by atoms with Gasteiger partial charge in [0.25, 0.3) is 11.9 Å². The van der Waals surface area contributed by atoms with Gasteiger partial charge in [0.2, 0.25) is 0 Å². The second kappa shape index (κ2) is 11.1. The summed E-state index contributed by atoms with van der Waals surface area (Å²) in [5.41, 5.74) is 1.08. The first-order chi connectivity index (χ1) is 12.4. The molecule has 26 heavy (non-hydrogen) atoms. The Bertz CT molecular complexity index is 765. The van der Waals surface area contributed by atoms with Crippen LogP contribution in [-0.2, 0) is 22.6 Å². The first-order valence-corrected chi connectivity index (χ1v) is 7.69. The molecule has 0 fully saturated rings. The van der Waals surface area contributed by atoms with Crippen molar-refractivity contribution < 1.29 is 19.8 Å². The van der Waals surface area contributed by atoms with Crippen LogP contribution in [0.4, 0.5) is 0 Å². The van der Waals surface area contributed by atoms with E-state index in [0.717, 1.165) is 44.0 Å². The normalized spacial score (nSPS) is 9.31. The largest absolute Gasteiger partial charge is 0.481 e. The molecule has 3 aromatic heterocycles. The number of hydrogen-bond donors (Lipinski definition) is 3. The third kappa shape index (κ3) is 8.39. The quantitative estimate of drug-likeness (QED) is 0.649. The number of rotatable bonds is 4. The summed E-state index contributed by atoms with van der Waals surface area (Å²) in [5.74, 6) is 0.285. The molecule has 0 aliphatic rings. The van der Waals surface area contributed by atoms with Gasteiger partial charge < -0.3 is 19.8 Å². The highest BCUT2D eigenvalue weighted by Gasteiger charge is 2.05. The Morgan fingerprint density at radius 3 is 2.19 bits per heavy atom. The third-order valence-electron chi connectivity index (χ3n) is 2.80. The van der Waals surface area contributed by atoms with E-state index in [1.54, 1.807) is 18.6 Å². The van der Waals surface area contributed by atoms with Crippen LogP contribution in [-0.4, -0.2) is 46.7 Å². The molecule has 0 unspecified atom stereocenters. The Hall–Kier alpha value is -3.49. The first kappa shape index (κ1) is 20.6. The highest BCUT2D eigenvalue weighted by Crippen LogP contribution is 2.16. The van der Waals surface area contributed by atoms with Crippen LogP contribution in [0.3, 0.4) is 0 Å². The minimum atomic E-state index is -0.833. The molecule has 0 bridgehead atoms. The number of nitrogens with one attached hydrogen (secondary N) is 1. The monoisotopic (exact) mass is 359 g/mol. The average Bonchev–Trinajstić information content (AvgIpc) is 3.24. The number of carboxylic acids is 2. The third-order valence-corrected chi connectivity index (χ3v) is 2.80. The van der Waals surface area contributed by atoms with Crippen molar-refractivity contribution >= 4 is 11.9 Å². The molecule has 0 spiro atoms. The number of imidazole rings is 2. The molecule has 9 nitrogen and oxygen atoms in total. The molecular weight excluding hydrogens is 338 g/mol. The molecule has 3 N–H and O–H groups in total. The zero-order chi connectivity index (χ0) is 19.4. The number of aromatic nitrogens is 5. The molecule has 0 saturated carbocycles. The number of aryl methyl sites for hydroxylation is 2. The number of carbonyl (C=O) groups is 2. The summed E-state index contributed by atoms with van der Waals surface area (Å²) in [6, 6.07) is 3.93. The molecule has 3 heterocycles. The van der Waals surface area contributed by atoms with Crippen LogP contribution in [0.1, 0.15) is 19.7 Å². The van der Waals surface area contributed by atoms with Crippen molar-refractivity contribution in [2.45, 2.75) is 26.8 Å². The van der Waals surface area contributed by atoms with Crippen molar-refractivity contribution in [2.24, 2.45) is 0 Å². The topological polar surface area (TPSA) is 134 Å². The Labute approximate surface area is 150 Å². The van der Waals surface area contributed by atoms with E-state index < -0.39 is 11.9 Å². The van der Waals surface area contributed by atoms with Gasteiger partial charge in [0, 0.05) is 69.6 Å². The van der Waals surface area contributed by atoms with Gasteiger partial charge in [-0.15, -0.1) is 0 Å². The summed E-state index contributed by atoms with van der Waals surface area (Å²) in [7, 11) is 0. The maximum Gasteiger partial charge on any atom is 0.300 e. The highest BCUT2D eigenvalue weighted by molar-refractivity contribution is 5.63. The molecule has 0 aliphatic heterocycles. The fourth-order valence-electron chi connectivity index (χ4n) is 1.91. The van der Waals surface area contributed by atoms with Gasteiger partial charge in [-0.3, -0.25) is 14.6 Å². The molecule has 3 rings (SSSR count). The molecule has 0 amide bonds. The maximum absolute atomic E-state index is 9.00. The van der Waals surface area contributed by atoms with Crippen molar-refractivity contribution in [3.8, 4) is 11.4 Å². The lowest BCUT2D eigenvalue weighted by molar-refractivity contribution is -0.135. The summed E-state index contributed by atoms with van der Waals surface area (Å²) in [5, 5.41) is 14.8. The predicted molar refractivity (Wildman–Crippen MR) is 94.4 cm³/mol. The van der Waals surface area contributed by atoms with Crippen LogP contribution in [0, 0.1) is 0 Å². The van der Waals surface area contributed by atoms with E-state index in [1.165, 1.54) is 0 Å². The lowest BCUT2D eigenvalue weighted by atomic mass is 10.2. The minimum Gasteiger partial charge on any atom is -0.481 e. The standard InChI is InChI=1S/C13H13N5.2C2H4O2/c1-4-14-5-2-11(1)13-17-8-10-18(13)9-3-12-15-6-7-16-12;2*1-2(3)4/h1-2,4-8,10H,3,9H2,(H,15,16);2*1H3,(H,3,4). The number of H-pyrrole nitrogens is 1. The molecule has 3 aromatic rings. The molecule has 9 heteroatoms. The van der Waals surface area contributed by atoms with Gasteiger partial charge in [-0.05, 0) is 12.1 Å². The van der Waals surface area contributed by atoms with Crippen molar-refractivity contribution in [2.75, 3.05) is 0 Å². The number of nitrogens with zero attached hydrogens (tertiary/aromatic N) is 4. The predicted octanol–water partition coefficient (Wildman–Crippen LogP) is 2.09. The first-order valence-electron chi connectivity index (χ1n) is 7.69. The Morgan fingerprint density at radius 1 is 1.04 bits per heavy atom. The van der Waals surface area contributed by atoms with E-state index in [2.05, 4.69) is 24.5 Å². The van der Waals surface area contributed by atoms with Crippen LogP contribution >= 0.6 is 0 Å².